The van der Waals surface area contributed by atoms with Gasteiger partial charge in [0.1, 0.15) is 5.76 Å². The summed E-state index contributed by atoms with van der Waals surface area (Å²) in [6.45, 7) is 0.206. The summed E-state index contributed by atoms with van der Waals surface area (Å²) < 4.78 is 5.29. The van der Waals surface area contributed by atoms with E-state index in [4.69, 9.17) is 10.2 Å². The van der Waals surface area contributed by atoms with Crippen molar-refractivity contribution in [2.45, 2.75) is 31.5 Å². The van der Waals surface area contributed by atoms with Gasteiger partial charge in [0.15, 0.2) is 5.76 Å². The molecule has 1 saturated carbocycles. The molecule has 1 fully saturated rings. The number of nitrogens with one attached hydrogen (secondary N) is 2. The van der Waals surface area contributed by atoms with Crippen LogP contribution in [-0.4, -0.2) is 36.1 Å². The average Bonchev–Trinajstić information content (AvgIpc) is 3.03. The van der Waals surface area contributed by atoms with Crippen molar-refractivity contribution in [3.8, 4) is 0 Å². The van der Waals surface area contributed by atoms with E-state index < -0.39 is 6.10 Å². The van der Waals surface area contributed by atoms with E-state index in [1.54, 1.807) is 12.1 Å². The van der Waals surface area contributed by atoms with Gasteiger partial charge < -0.3 is 25.9 Å². The molecule has 1 aromatic rings. The fourth-order valence-corrected chi connectivity index (χ4v) is 2.30. The second-order valence-corrected chi connectivity index (χ2v) is 4.96. The molecular formula is C13H19N3O4. The minimum absolute atomic E-state index is 0.158. The predicted molar refractivity (Wildman–Crippen MR) is 70.7 cm³/mol. The van der Waals surface area contributed by atoms with Crippen LogP contribution in [0.25, 0.3) is 0 Å². The first-order chi connectivity index (χ1) is 9.51. The molecule has 7 nitrogen and oxygen atoms in total. The van der Waals surface area contributed by atoms with Crippen LogP contribution < -0.4 is 16.4 Å². The normalized spacial score (nSPS) is 25.4. The highest BCUT2D eigenvalue weighted by Crippen LogP contribution is 2.24. The second kappa shape index (κ2) is 6.06. The Balaban J connectivity index is 1.85. The molecule has 7 heteroatoms. The predicted octanol–water partition coefficient (Wildman–Crippen LogP) is -0.646. The first-order valence-electron chi connectivity index (χ1n) is 6.53. The average molecular weight is 281 g/mol. The molecule has 0 aliphatic heterocycles. The fourth-order valence-electron chi connectivity index (χ4n) is 2.30. The van der Waals surface area contributed by atoms with Crippen molar-refractivity contribution in [2.24, 2.45) is 11.7 Å². The van der Waals surface area contributed by atoms with Gasteiger partial charge in [0.25, 0.3) is 5.91 Å². The quantitative estimate of drug-likeness (QED) is 0.585. The number of aliphatic hydroxyl groups excluding tert-OH is 1. The largest absolute Gasteiger partial charge is 0.454 e. The molecule has 0 aromatic carbocycles. The van der Waals surface area contributed by atoms with Crippen molar-refractivity contribution in [1.82, 2.24) is 10.6 Å². The molecule has 0 spiro atoms. The third-order valence-electron chi connectivity index (χ3n) is 3.50. The Hall–Kier alpha value is -1.86. The van der Waals surface area contributed by atoms with E-state index in [1.807, 2.05) is 0 Å². The Labute approximate surface area is 116 Å². The molecule has 0 unspecified atom stereocenters. The molecular weight excluding hydrogens is 262 g/mol. The molecule has 0 bridgehead atoms. The number of hydrogen-bond acceptors (Lipinski definition) is 5. The number of hydrogen-bond donors (Lipinski definition) is 4. The van der Waals surface area contributed by atoms with Gasteiger partial charge in [-0.3, -0.25) is 9.59 Å². The monoisotopic (exact) mass is 281 g/mol. The molecule has 1 aromatic heterocycles. The molecule has 2 amide bonds. The van der Waals surface area contributed by atoms with Crippen LogP contribution in [0.1, 0.15) is 29.2 Å². The summed E-state index contributed by atoms with van der Waals surface area (Å²) in [6.07, 6.45) is 0.248. The van der Waals surface area contributed by atoms with Crippen molar-refractivity contribution < 1.29 is 19.1 Å². The highest BCUT2D eigenvalue weighted by Gasteiger charge is 2.34. The molecule has 2 rings (SSSR count). The number of furan rings is 1. The molecule has 1 aliphatic rings. The summed E-state index contributed by atoms with van der Waals surface area (Å²) in [5.41, 5.74) is 5.67. The number of nitrogens with two attached hydrogens (primary N) is 1. The Morgan fingerprint density at radius 2 is 2.20 bits per heavy atom. The highest BCUT2D eigenvalue weighted by molar-refractivity contribution is 5.91. The summed E-state index contributed by atoms with van der Waals surface area (Å²) in [5, 5.41) is 14.7. The number of carbonyl (C=O) groups is 2. The third-order valence-corrected chi connectivity index (χ3v) is 3.50. The minimum atomic E-state index is -0.616. The summed E-state index contributed by atoms with van der Waals surface area (Å²) in [4.78, 5) is 23.2. The van der Waals surface area contributed by atoms with Crippen molar-refractivity contribution >= 4 is 11.8 Å². The molecule has 110 valence electrons. The van der Waals surface area contributed by atoms with Gasteiger partial charge in [-0.05, 0) is 25.0 Å². The smallest absolute Gasteiger partial charge is 0.286 e. The van der Waals surface area contributed by atoms with Gasteiger partial charge in [0, 0.05) is 19.0 Å². The Morgan fingerprint density at radius 1 is 1.45 bits per heavy atom. The van der Waals surface area contributed by atoms with Crippen LogP contribution in [0.15, 0.2) is 16.5 Å². The first-order valence-corrected chi connectivity index (χ1v) is 6.53. The number of carbonyl (C=O) groups excluding carboxylic acids is 2. The van der Waals surface area contributed by atoms with E-state index in [0.717, 1.165) is 0 Å². The van der Waals surface area contributed by atoms with Crippen LogP contribution in [0.3, 0.4) is 0 Å². The molecule has 0 radical (unpaired) electrons. The lowest BCUT2D eigenvalue weighted by molar-refractivity contribution is -0.125. The van der Waals surface area contributed by atoms with E-state index in [9.17, 15) is 14.7 Å². The molecule has 5 N–H and O–H groups in total. The minimum Gasteiger partial charge on any atom is -0.454 e. The fraction of sp³-hybridized carbons (Fsp3) is 0.538. The Kier molecular flexibility index (Phi) is 4.41. The van der Waals surface area contributed by atoms with E-state index >= 15 is 0 Å². The number of rotatable bonds is 4. The Morgan fingerprint density at radius 3 is 2.80 bits per heavy atom. The maximum atomic E-state index is 11.9. The zero-order valence-corrected chi connectivity index (χ0v) is 11.3. The molecule has 1 aliphatic carbocycles. The van der Waals surface area contributed by atoms with Crippen molar-refractivity contribution in [2.75, 3.05) is 7.05 Å². The van der Waals surface area contributed by atoms with Crippen LogP contribution in [0.2, 0.25) is 0 Å². The van der Waals surface area contributed by atoms with Crippen molar-refractivity contribution in [3.63, 3.8) is 0 Å². The van der Waals surface area contributed by atoms with Crippen LogP contribution in [0, 0.1) is 5.92 Å². The summed E-state index contributed by atoms with van der Waals surface area (Å²) >= 11 is 0. The van der Waals surface area contributed by atoms with Crippen LogP contribution in [0.4, 0.5) is 0 Å². The van der Waals surface area contributed by atoms with Crippen LogP contribution in [-0.2, 0) is 11.3 Å². The van der Waals surface area contributed by atoms with E-state index in [-0.39, 0.29) is 36.1 Å². The zero-order chi connectivity index (χ0) is 14.7. The summed E-state index contributed by atoms with van der Waals surface area (Å²) in [5.74, 6) is -0.0365. The lowest BCUT2D eigenvalue weighted by Gasteiger charge is -2.09. The molecule has 0 saturated heterocycles. The topological polar surface area (TPSA) is 118 Å². The lowest BCUT2D eigenvalue weighted by Crippen LogP contribution is -2.30. The highest BCUT2D eigenvalue weighted by atomic mass is 16.4. The van der Waals surface area contributed by atoms with Gasteiger partial charge in [-0.2, -0.15) is 0 Å². The van der Waals surface area contributed by atoms with Gasteiger partial charge >= 0.3 is 0 Å². The van der Waals surface area contributed by atoms with Crippen molar-refractivity contribution in [1.29, 1.82) is 0 Å². The maximum absolute atomic E-state index is 11.9. The summed E-state index contributed by atoms with van der Waals surface area (Å²) in [6, 6.07) is 2.85. The van der Waals surface area contributed by atoms with Crippen LogP contribution >= 0.6 is 0 Å². The maximum Gasteiger partial charge on any atom is 0.286 e. The second-order valence-electron chi connectivity index (χ2n) is 4.96. The molecule has 20 heavy (non-hydrogen) atoms. The van der Waals surface area contributed by atoms with Gasteiger partial charge in [-0.1, -0.05) is 0 Å². The first kappa shape index (κ1) is 14.5. The Bertz CT molecular complexity index is 490. The van der Waals surface area contributed by atoms with E-state index in [1.165, 1.54) is 7.05 Å². The third kappa shape index (κ3) is 3.17. The number of aliphatic hydroxyl groups is 1. The zero-order valence-electron chi connectivity index (χ0n) is 11.3. The standard InChI is InChI=1S/C13H19N3O4/c1-15-13(19)11-3-2-8(20-11)6-16-12(18)7-4-9(14)10(17)5-7/h2-3,7,9-10,17H,4-6,14H2,1H3,(H,15,19)(H,16,18)/t7-,9+,10+/m0/s1. The lowest BCUT2D eigenvalue weighted by atomic mass is 10.1. The van der Waals surface area contributed by atoms with Crippen LogP contribution in [0.5, 0.6) is 0 Å². The van der Waals surface area contributed by atoms with Crippen molar-refractivity contribution in [3.05, 3.63) is 23.7 Å². The SMILES string of the molecule is CNC(=O)c1ccc(CNC(=O)[C@H]2C[C@@H](N)[C@H](O)C2)o1. The van der Waals surface area contributed by atoms with Gasteiger partial charge in [-0.25, -0.2) is 0 Å². The number of amides is 2. The molecule has 1 heterocycles. The summed E-state index contributed by atoms with van der Waals surface area (Å²) in [7, 11) is 1.51. The van der Waals surface area contributed by atoms with E-state index in [0.29, 0.717) is 18.6 Å². The van der Waals surface area contributed by atoms with Gasteiger partial charge in [0.2, 0.25) is 5.91 Å². The van der Waals surface area contributed by atoms with Gasteiger partial charge in [0.05, 0.1) is 12.6 Å². The molecule has 3 atom stereocenters. The van der Waals surface area contributed by atoms with Gasteiger partial charge in [-0.15, -0.1) is 0 Å². The van der Waals surface area contributed by atoms with E-state index in [2.05, 4.69) is 10.6 Å².